The summed E-state index contributed by atoms with van der Waals surface area (Å²) >= 11 is 0. The summed E-state index contributed by atoms with van der Waals surface area (Å²) in [6.45, 7) is 0.762. The standard InChI is InChI=1S/C21H22N4O/c1-26-20-10-3-2-6-15(20)13-23-18-8-4-9-19-17(18)14-24-21(25-19)16-7-5-11-22-12-16/h2-3,5-7,10-12,14,18,23H,4,8-9,13H2,1H3/t18-/m1/s1. The minimum atomic E-state index is 0.270. The fourth-order valence-electron chi connectivity index (χ4n) is 3.48. The fourth-order valence-corrected chi connectivity index (χ4v) is 3.48. The third-order valence-electron chi connectivity index (χ3n) is 4.83. The number of pyridine rings is 1. The first kappa shape index (κ1) is 16.7. The first-order valence-electron chi connectivity index (χ1n) is 8.96. The molecule has 0 unspecified atom stereocenters. The van der Waals surface area contributed by atoms with Gasteiger partial charge in [0.1, 0.15) is 5.75 Å². The van der Waals surface area contributed by atoms with Gasteiger partial charge >= 0.3 is 0 Å². The molecule has 26 heavy (non-hydrogen) atoms. The Morgan fingerprint density at radius 1 is 1.15 bits per heavy atom. The number of aryl methyl sites for hydroxylation is 1. The van der Waals surface area contributed by atoms with Gasteiger partial charge in [0.2, 0.25) is 0 Å². The summed E-state index contributed by atoms with van der Waals surface area (Å²) in [6, 6.07) is 12.3. The molecule has 1 N–H and O–H groups in total. The molecule has 0 bridgehead atoms. The van der Waals surface area contributed by atoms with Crippen LogP contribution in [0.15, 0.2) is 55.0 Å². The second-order valence-electron chi connectivity index (χ2n) is 6.47. The number of fused-ring (bicyclic) bond motifs is 1. The Morgan fingerprint density at radius 2 is 2.08 bits per heavy atom. The molecule has 2 heterocycles. The molecule has 0 amide bonds. The van der Waals surface area contributed by atoms with Crippen molar-refractivity contribution in [2.75, 3.05) is 7.11 Å². The highest BCUT2D eigenvalue weighted by Crippen LogP contribution is 2.30. The van der Waals surface area contributed by atoms with Gasteiger partial charge in [0.05, 0.1) is 7.11 Å². The average molecular weight is 346 g/mol. The summed E-state index contributed by atoms with van der Waals surface area (Å²) in [5.41, 5.74) is 4.47. The highest BCUT2D eigenvalue weighted by Gasteiger charge is 2.22. The Hall–Kier alpha value is -2.79. The zero-order chi connectivity index (χ0) is 17.8. The predicted molar refractivity (Wildman–Crippen MR) is 101 cm³/mol. The first-order valence-corrected chi connectivity index (χ1v) is 8.96. The van der Waals surface area contributed by atoms with Crippen LogP contribution in [-0.2, 0) is 13.0 Å². The van der Waals surface area contributed by atoms with Crippen molar-refractivity contribution in [2.24, 2.45) is 0 Å². The lowest BCUT2D eigenvalue weighted by molar-refractivity contribution is 0.400. The number of nitrogens with one attached hydrogen (secondary N) is 1. The van der Waals surface area contributed by atoms with Gasteiger partial charge in [-0.1, -0.05) is 18.2 Å². The van der Waals surface area contributed by atoms with Gasteiger partial charge in [-0.05, 0) is 37.5 Å². The summed E-state index contributed by atoms with van der Waals surface area (Å²) in [5.74, 6) is 1.67. The molecule has 0 saturated heterocycles. The van der Waals surface area contributed by atoms with E-state index < -0.39 is 0 Å². The van der Waals surface area contributed by atoms with Crippen LogP contribution in [0.5, 0.6) is 5.75 Å². The Morgan fingerprint density at radius 3 is 2.92 bits per heavy atom. The maximum Gasteiger partial charge on any atom is 0.160 e. The number of methoxy groups -OCH3 is 1. The average Bonchev–Trinajstić information content (AvgIpc) is 2.72. The SMILES string of the molecule is COc1ccccc1CN[C@@H]1CCCc2nc(-c3cccnc3)ncc21. The topological polar surface area (TPSA) is 59.9 Å². The van der Waals surface area contributed by atoms with Gasteiger partial charge in [0.15, 0.2) is 5.82 Å². The van der Waals surface area contributed by atoms with Crippen LogP contribution in [0.3, 0.4) is 0 Å². The maximum absolute atomic E-state index is 5.45. The normalized spacial score (nSPS) is 16.1. The number of nitrogens with zero attached hydrogens (tertiary/aromatic N) is 3. The highest BCUT2D eigenvalue weighted by molar-refractivity contribution is 5.53. The Kier molecular flexibility index (Phi) is 4.88. The molecular formula is C21H22N4O. The molecule has 0 saturated carbocycles. The van der Waals surface area contributed by atoms with E-state index in [9.17, 15) is 0 Å². The molecular weight excluding hydrogens is 324 g/mol. The van der Waals surface area contributed by atoms with Gasteiger partial charge in [-0.3, -0.25) is 4.98 Å². The number of aromatic nitrogens is 3. The molecule has 2 aromatic heterocycles. The lowest BCUT2D eigenvalue weighted by atomic mass is 9.92. The number of ether oxygens (including phenoxy) is 1. The van der Waals surface area contributed by atoms with Crippen LogP contribution in [0, 0.1) is 0 Å². The van der Waals surface area contributed by atoms with E-state index in [1.807, 2.05) is 42.7 Å². The van der Waals surface area contributed by atoms with Crippen LogP contribution >= 0.6 is 0 Å². The fraction of sp³-hybridized carbons (Fsp3) is 0.286. The Bertz CT molecular complexity index is 882. The summed E-state index contributed by atoms with van der Waals surface area (Å²) in [7, 11) is 1.71. The monoisotopic (exact) mass is 346 g/mol. The van der Waals surface area contributed by atoms with Gasteiger partial charge in [-0.25, -0.2) is 9.97 Å². The largest absolute Gasteiger partial charge is 0.496 e. The van der Waals surface area contributed by atoms with Gasteiger partial charge in [-0.2, -0.15) is 0 Å². The van der Waals surface area contributed by atoms with Crippen molar-refractivity contribution in [3.8, 4) is 17.1 Å². The molecule has 3 aromatic rings. The lowest BCUT2D eigenvalue weighted by Gasteiger charge is -2.26. The van der Waals surface area contributed by atoms with Crippen LogP contribution < -0.4 is 10.1 Å². The number of hydrogen-bond acceptors (Lipinski definition) is 5. The zero-order valence-corrected chi connectivity index (χ0v) is 14.9. The van der Waals surface area contributed by atoms with E-state index in [0.29, 0.717) is 0 Å². The number of rotatable bonds is 5. The second kappa shape index (κ2) is 7.62. The van der Waals surface area contributed by atoms with Crippen molar-refractivity contribution in [3.05, 3.63) is 71.8 Å². The molecule has 1 aliphatic carbocycles. The number of hydrogen-bond donors (Lipinski definition) is 1. The summed E-state index contributed by atoms with van der Waals surface area (Å²) < 4.78 is 5.45. The Labute approximate surface area is 153 Å². The van der Waals surface area contributed by atoms with Gasteiger partial charge in [-0.15, -0.1) is 0 Å². The van der Waals surface area contributed by atoms with E-state index in [1.165, 1.54) is 5.56 Å². The van der Waals surface area contributed by atoms with E-state index in [0.717, 1.165) is 54.2 Å². The molecule has 1 atom stereocenters. The van der Waals surface area contributed by atoms with Crippen LogP contribution in [0.1, 0.15) is 35.7 Å². The maximum atomic E-state index is 5.45. The molecule has 4 rings (SSSR count). The smallest absolute Gasteiger partial charge is 0.160 e. The van der Waals surface area contributed by atoms with Crippen LogP contribution in [0.25, 0.3) is 11.4 Å². The van der Waals surface area contributed by atoms with E-state index in [2.05, 4.69) is 21.4 Å². The van der Waals surface area contributed by atoms with Gasteiger partial charge in [0.25, 0.3) is 0 Å². The summed E-state index contributed by atoms with van der Waals surface area (Å²) in [5, 5.41) is 3.66. The van der Waals surface area contributed by atoms with E-state index in [1.54, 1.807) is 13.3 Å². The highest BCUT2D eigenvalue weighted by atomic mass is 16.5. The van der Waals surface area contributed by atoms with Crippen LogP contribution in [0.4, 0.5) is 0 Å². The van der Waals surface area contributed by atoms with Crippen molar-refractivity contribution in [1.82, 2.24) is 20.3 Å². The number of benzene rings is 1. The van der Waals surface area contributed by atoms with Crippen molar-refractivity contribution in [3.63, 3.8) is 0 Å². The molecule has 0 radical (unpaired) electrons. The van der Waals surface area contributed by atoms with Gasteiger partial charge < -0.3 is 10.1 Å². The van der Waals surface area contributed by atoms with E-state index >= 15 is 0 Å². The third-order valence-corrected chi connectivity index (χ3v) is 4.83. The van der Waals surface area contributed by atoms with Crippen molar-refractivity contribution < 1.29 is 4.74 Å². The molecule has 132 valence electrons. The molecule has 0 fully saturated rings. The molecule has 1 aromatic carbocycles. The zero-order valence-electron chi connectivity index (χ0n) is 14.9. The minimum absolute atomic E-state index is 0.270. The summed E-state index contributed by atoms with van der Waals surface area (Å²) in [4.78, 5) is 13.6. The Balaban J connectivity index is 1.54. The van der Waals surface area contributed by atoms with Crippen molar-refractivity contribution in [2.45, 2.75) is 31.8 Å². The summed E-state index contributed by atoms with van der Waals surface area (Å²) in [6.07, 6.45) is 8.77. The quantitative estimate of drug-likeness (QED) is 0.763. The van der Waals surface area contributed by atoms with Crippen molar-refractivity contribution in [1.29, 1.82) is 0 Å². The minimum Gasteiger partial charge on any atom is -0.496 e. The van der Waals surface area contributed by atoms with E-state index in [4.69, 9.17) is 9.72 Å². The van der Waals surface area contributed by atoms with Crippen LogP contribution in [-0.4, -0.2) is 22.1 Å². The molecule has 0 aliphatic heterocycles. The third kappa shape index (κ3) is 3.44. The molecule has 5 heteroatoms. The van der Waals surface area contributed by atoms with Gasteiger partial charge in [0, 0.05) is 53.6 Å². The second-order valence-corrected chi connectivity index (χ2v) is 6.47. The molecule has 0 spiro atoms. The predicted octanol–water partition coefficient (Wildman–Crippen LogP) is 3.71. The molecule has 1 aliphatic rings. The van der Waals surface area contributed by atoms with Crippen molar-refractivity contribution >= 4 is 0 Å². The van der Waals surface area contributed by atoms with Crippen LogP contribution in [0.2, 0.25) is 0 Å². The van der Waals surface area contributed by atoms with E-state index in [-0.39, 0.29) is 6.04 Å². The number of para-hydroxylation sites is 1. The molecule has 5 nitrogen and oxygen atoms in total. The first-order chi connectivity index (χ1) is 12.8. The lowest BCUT2D eigenvalue weighted by Crippen LogP contribution is -2.26.